The maximum absolute atomic E-state index is 2.00. The van der Waals surface area contributed by atoms with Crippen LogP contribution in [0.4, 0.5) is 0 Å². The van der Waals surface area contributed by atoms with E-state index < -0.39 is 0 Å². The Bertz CT molecular complexity index is 152. The molecule has 0 unspecified atom stereocenters. The van der Waals surface area contributed by atoms with E-state index in [1.807, 2.05) is 60.7 Å². The monoisotopic (exact) mass is 254 g/mol. The van der Waals surface area contributed by atoms with Crippen molar-refractivity contribution in [2.45, 2.75) is 0 Å². The van der Waals surface area contributed by atoms with Gasteiger partial charge in [-0.1, -0.05) is 0 Å². The molecule has 78 valence electrons. The van der Waals surface area contributed by atoms with Gasteiger partial charge in [0.15, 0.2) is 0 Å². The minimum Gasteiger partial charge on any atom is -0.748 e. The van der Waals surface area contributed by atoms with Gasteiger partial charge in [-0.25, -0.2) is 12.1 Å². The van der Waals surface area contributed by atoms with Gasteiger partial charge >= 0.3 is 0 Å². The van der Waals surface area contributed by atoms with Gasteiger partial charge in [0.05, 0.1) is 0 Å². The largest absolute Gasteiger partial charge is 0.748 e. The molecular formula is C10H12Cl2Cr-6. The van der Waals surface area contributed by atoms with Crippen molar-refractivity contribution < 1.29 is 17.4 Å². The molecule has 0 aliphatic heterocycles. The average Bonchev–Trinajstić information content (AvgIpc) is 2.67. The van der Waals surface area contributed by atoms with Crippen LogP contribution >= 0.6 is 24.8 Å². The van der Waals surface area contributed by atoms with E-state index in [0.717, 1.165) is 0 Å². The van der Waals surface area contributed by atoms with E-state index in [1.165, 1.54) is 0 Å². The van der Waals surface area contributed by atoms with E-state index in [9.17, 15) is 0 Å². The van der Waals surface area contributed by atoms with E-state index in [0.29, 0.717) is 0 Å². The fourth-order valence-corrected chi connectivity index (χ4v) is 0.642. The van der Waals surface area contributed by atoms with E-state index >= 15 is 0 Å². The van der Waals surface area contributed by atoms with Gasteiger partial charge in [-0.05, 0) is 0 Å². The quantitative estimate of drug-likeness (QED) is 0.630. The Hall–Kier alpha value is -0.188. The third kappa shape index (κ3) is 11.8. The zero-order chi connectivity index (χ0) is 7.07. The van der Waals surface area contributed by atoms with Crippen LogP contribution in [0.2, 0.25) is 0 Å². The van der Waals surface area contributed by atoms with Crippen LogP contribution in [0.3, 0.4) is 0 Å². The summed E-state index contributed by atoms with van der Waals surface area (Å²) in [5.74, 6) is 0. The predicted molar refractivity (Wildman–Crippen MR) is 58.6 cm³/mol. The Balaban J connectivity index is -0.000000125. The van der Waals surface area contributed by atoms with Crippen molar-refractivity contribution in [3.63, 3.8) is 0 Å². The number of halogens is 2. The van der Waals surface area contributed by atoms with Crippen molar-refractivity contribution in [3.8, 4) is 0 Å². The van der Waals surface area contributed by atoms with Crippen LogP contribution in [0.15, 0.2) is 60.7 Å². The molecule has 0 amide bonds. The average molecular weight is 255 g/mol. The van der Waals surface area contributed by atoms with Crippen LogP contribution in [-0.2, 0) is 17.4 Å². The molecule has 0 bridgehead atoms. The smallest absolute Gasteiger partial charge is 0 e. The minimum absolute atomic E-state index is 0. The number of hydrogen-bond donors (Lipinski definition) is 0. The molecule has 0 aliphatic rings. The van der Waals surface area contributed by atoms with Gasteiger partial charge in [0.25, 0.3) is 0 Å². The summed E-state index contributed by atoms with van der Waals surface area (Å²) in [6, 6.07) is 20.0. The van der Waals surface area contributed by atoms with Crippen LogP contribution in [0.1, 0.15) is 0 Å². The van der Waals surface area contributed by atoms with E-state index in [-0.39, 0.29) is 42.2 Å². The molecule has 2 rings (SSSR count). The molecule has 3 heteroatoms. The first kappa shape index (κ1) is 18.6. The summed E-state index contributed by atoms with van der Waals surface area (Å²) >= 11 is 0. The summed E-state index contributed by atoms with van der Waals surface area (Å²) in [5.41, 5.74) is 0. The van der Waals surface area contributed by atoms with Gasteiger partial charge in [0, 0.05) is 17.4 Å². The van der Waals surface area contributed by atoms with Crippen molar-refractivity contribution in [2.24, 2.45) is 0 Å². The third-order valence-electron chi connectivity index (χ3n) is 1.11. The van der Waals surface area contributed by atoms with Gasteiger partial charge in [0.2, 0.25) is 0 Å². The summed E-state index contributed by atoms with van der Waals surface area (Å²) in [6.45, 7) is 0. The molecule has 0 heterocycles. The van der Waals surface area contributed by atoms with Gasteiger partial charge < -0.3 is 30.3 Å². The van der Waals surface area contributed by atoms with Crippen LogP contribution in [0, 0.1) is 0 Å². The molecule has 0 aromatic heterocycles. The third-order valence-corrected chi connectivity index (χ3v) is 1.11. The fourth-order valence-electron chi connectivity index (χ4n) is 0.642. The summed E-state index contributed by atoms with van der Waals surface area (Å²) in [5, 5.41) is 0. The molecule has 2 aromatic carbocycles. The van der Waals surface area contributed by atoms with Gasteiger partial charge in [0.1, 0.15) is 0 Å². The van der Waals surface area contributed by atoms with Gasteiger partial charge in [-0.3, -0.25) is 0 Å². The Labute approximate surface area is 103 Å². The first-order valence-corrected chi connectivity index (χ1v) is 3.33. The summed E-state index contributed by atoms with van der Waals surface area (Å²) in [6.07, 6.45) is 0. The SMILES string of the molecule is Cl.Cl.[Cr].[cH-]1[cH-][cH-][cH-][cH-]1.c1cc[cH-]c1. The second kappa shape index (κ2) is 14.3. The van der Waals surface area contributed by atoms with E-state index in [1.54, 1.807) is 0 Å². The molecule has 0 saturated carbocycles. The van der Waals surface area contributed by atoms with Crippen LogP contribution < -0.4 is 0 Å². The molecule has 2 aromatic rings. The van der Waals surface area contributed by atoms with Crippen molar-refractivity contribution in [1.82, 2.24) is 0 Å². The summed E-state index contributed by atoms with van der Waals surface area (Å²) < 4.78 is 0. The van der Waals surface area contributed by atoms with E-state index in [2.05, 4.69) is 0 Å². The van der Waals surface area contributed by atoms with Crippen LogP contribution in [0.5, 0.6) is 0 Å². The maximum atomic E-state index is 2.00. The second-order valence-electron chi connectivity index (χ2n) is 1.92. The standard InChI is InChI=1S/2C5H5.2ClH.Cr/c2*1-2-4-5-3-1;;;/h2*1-5H;2*1H;/q-5;-1;;;. The fraction of sp³-hybridized carbons (Fsp3) is 0. The molecule has 0 fully saturated rings. The van der Waals surface area contributed by atoms with Crippen molar-refractivity contribution in [3.05, 3.63) is 60.7 Å². The van der Waals surface area contributed by atoms with Crippen molar-refractivity contribution in [2.75, 3.05) is 0 Å². The van der Waals surface area contributed by atoms with Crippen LogP contribution in [0.25, 0.3) is 0 Å². The van der Waals surface area contributed by atoms with E-state index in [4.69, 9.17) is 0 Å². The molecule has 0 radical (unpaired) electrons. The molecule has 0 N–H and O–H groups in total. The van der Waals surface area contributed by atoms with Crippen molar-refractivity contribution in [1.29, 1.82) is 0 Å². The van der Waals surface area contributed by atoms with Gasteiger partial charge in [-0.2, -0.15) is 18.2 Å². The molecule has 0 spiro atoms. The maximum Gasteiger partial charge on any atom is 0 e. The Morgan fingerprint density at radius 1 is 0.615 bits per heavy atom. The first-order chi connectivity index (χ1) is 5.00. The molecule has 0 saturated heterocycles. The molecule has 0 nitrogen and oxygen atoms in total. The Kier molecular flexibility index (Phi) is 20.5. The first-order valence-electron chi connectivity index (χ1n) is 3.33. The van der Waals surface area contributed by atoms with Crippen LogP contribution in [-0.4, -0.2) is 0 Å². The van der Waals surface area contributed by atoms with Gasteiger partial charge in [-0.15, -0.1) is 24.8 Å². The summed E-state index contributed by atoms with van der Waals surface area (Å²) in [7, 11) is 0. The molecular weight excluding hydrogens is 243 g/mol. The zero-order valence-corrected chi connectivity index (χ0v) is 9.91. The Morgan fingerprint density at radius 2 is 0.923 bits per heavy atom. The topological polar surface area (TPSA) is 0 Å². The summed E-state index contributed by atoms with van der Waals surface area (Å²) in [4.78, 5) is 0. The predicted octanol–water partition coefficient (Wildman–Crippen LogP) is 3.65. The minimum atomic E-state index is 0. The molecule has 0 aliphatic carbocycles. The second-order valence-corrected chi connectivity index (χ2v) is 1.92. The number of rotatable bonds is 0. The number of hydrogen-bond acceptors (Lipinski definition) is 0. The van der Waals surface area contributed by atoms with Crippen molar-refractivity contribution >= 4 is 24.8 Å². The normalized spacial score (nSPS) is 6.15. The zero-order valence-electron chi connectivity index (χ0n) is 7.00. The molecule has 0 atom stereocenters. The molecule has 13 heavy (non-hydrogen) atoms. The Morgan fingerprint density at radius 3 is 1.08 bits per heavy atom.